The highest BCUT2D eigenvalue weighted by atomic mass is 16.5. The molecular weight excluding hydrogens is 388 g/mol. The molecule has 0 fully saturated rings. The molecule has 0 aromatic heterocycles. The molecule has 0 N–H and O–H groups in total. The average molecular weight is 423 g/mol. The van der Waals surface area contributed by atoms with Crippen molar-refractivity contribution < 1.29 is 4.74 Å². The molecule has 2 aliphatic rings. The first-order valence-corrected chi connectivity index (χ1v) is 11.4. The molecule has 0 amide bonds. The van der Waals surface area contributed by atoms with E-state index in [1.54, 1.807) is 0 Å². The van der Waals surface area contributed by atoms with Gasteiger partial charge in [0.1, 0.15) is 11.5 Å². The minimum absolute atomic E-state index is 0. The van der Waals surface area contributed by atoms with E-state index < -0.39 is 0 Å². The maximum Gasteiger partial charge on any atom is 0.132 e. The van der Waals surface area contributed by atoms with Crippen LogP contribution in [0.25, 0.3) is 11.1 Å². The first-order chi connectivity index (χ1) is 15.3. The first-order valence-electron chi connectivity index (χ1n) is 11.4. The molecular formula is C31H34O. The van der Waals surface area contributed by atoms with Gasteiger partial charge >= 0.3 is 0 Å². The Kier molecular flexibility index (Phi) is 7.20. The van der Waals surface area contributed by atoms with E-state index in [1.807, 2.05) is 26.0 Å². The number of rotatable bonds is 0. The van der Waals surface area contributed by atoms with Crippen molar-refractivity contribution in [3.63, 3.8) is 0 Å². The van der Waals surface area contributed by atoms with Crippen molar-refractivity contribution in [2.75, 3.05) is 0 Å². The maximum absolute atomic E-state index is 6.29. The highest BCUT2D eigenvalue weighted by molar-refractivity contribution is 5.88. The average Bonchev–Trinajstić information content (AvgIpc) is 3.13. The molecule has 4 aromatic rings. The van der Waals surface area contributed by atoms with Crippen LogP contribution in [0, 0.1) is 0 Å². The van der Waals surface area contributed by atoms with Gasteiger partial charge in [-0.25, -0.2) is 0 Å². The zero-order chi connectivity index (χ0) is 21.8. The molecule has 1 nitrogen and oxygen atoms in total. The van der Waals surface area contributed by atoms with Gasteiger partial charge in [0.2, 0.25) is 0 Å². The largest absolute Gasteiger partial charge is 0.457 e. The molecule has 1 aliphatic heterocycles. The third-order valence-corrected chi connectivity index (χ3v) is 5.75. The van der Waals surface area contributed by atoms with Crippen LogP contribution in [0.5, 0.6) is 11.5 Å². The summed E-state index contributed by atoms with van der Waals surface area (Å²) >= 11 is 0. The van der Waals surface area contributed by atoms with Gasteiger partial charge in [0.05, 0.1) is 5.41 Å². The Hall–Kier alpha value is -3.32. The predicted molar refractivity (Wildman–Crippen MR) is 138 cm³/mol. The Morgan fingerprint density at radius 2 is 0.844 bits per heavy atom. The monoisotopic (exact) mass is 422 g/mol. The van der Waals surface area contributed by atoms with Gasteiger partial charge in [-0.05, 0) is 34.4 Å². The minimum atomic E-state index is -0.321. The van der Waals surface area contributed by atoms with Crippen LogP contribution in [-0.4, -0.2) is 0 Å². The van der Waals surface area contributed by atoms with E-state index in [0.717, 1.165) is 11.5 Å². The molecule has 0 saturated carbocycles. The summed E-state index contributed by atoms with van der Waals surface area (Å²) in [4.78, 5) is 0. The molecule has 0 unspecified atom stereocenters. The molecule has 32 heavy (non-hydrogen) atoms. The summed E-state index contributed by atoms with van der Waals surface area (Å²) in [5.74, 6) is 1.88. The summed E-state index contributed by atoms with van der Waals surface area (Å²) in [6.07, 6.45) is 1.25. The smallest absolute Gasteiger partial charge is 0.132 e. The molecule has 1 heteroatoms. The van der Waals surface area contributed by atoms with Crippen LogP contribution in [0.1, 0.15) is 63.8 Å². The van der Waals surface area contributed by atoms with Gasteiger partial charge in [0, 0.05) is 11.1 Å². The molecule has 4 aromatic carbocycles. The van der Waals surface area contributed by atoms with Crippen molar-refractivity contribution in [1.29, 1.82) is 0 Å². The summed E-state index contributed by atoms with van der Waals surface area (Å²) in [5, 5.41) is 0. The van der Waals surface area contributed by atoms with E-state index in [2.05, 4.69) is 98.8 Å². The number of hydrogen-bond donors (Lipinski definition) is 0. The lowest BCUT2D eigenvalue weighted by Gasteiger charge is -2.39. The van der Waals surface area contributed by atoms with Crippen LogP contribution in [-0.2, 0) is 5.41 Å². The Morgan fingerprint density at radius 1 is 0.531 bits per heavy atom. The molecule has 0 atom stereocenters. The number of benzene rings is 4. The molecule has 1 heterocycles. The lowest BCUT2D eigenvalue weighted by atomic mass is 9.66. The van der Waals surface area contributed by atoms with Crippen molar-refractivity contribution >= 4 is 0 Å². The zero-order valence-corrected chi connectivity index (χ0v) is 18.9. The van der Waals surface area contributed by atoms with Gasteiger partial charge < -0.3 is 4.74 Å². The highest BCUT2D eigenvalue weighted by Gasteiger charge is 2.50. The van der Waals surface area contributed by atoms with Crippen molar-refractivity contribution in [2.24, 2.45) is 0 Å². The zero-order valence-electron chi connectivity index (χ0n) is 18.9. The quantitative estimate of drug-likeness (QED) is 0.237. The first kappa shape index (κ1) is 23.3. The van der Waals surface area contributed by atoms with Crippen LogP contribution >= 0.6 is 0 Å². The van der Waals surface area contributed by atoms with Gasteiger partial charge in [-0.2, -0.15) is 0 Å². The van der Waals surface area contributed by atoms with Crippen molar-refractivity contribution in [3.8, 4) is 22.6 Å². The summed E-state index contributed by atoms with van der Waals surface area (Å²) in [6.45, 7) is 8.25. The van der Waals surface area contributed by atoms with E-state index in [4.69, 9.17) is 4.74 Å². The molecule has 1 spiro atoms. The lowest BCUT2D eigenvalue weighted by molar-refractivity contribution is 0.436. The molecule has 1 aliphatic carbocycles. The Morgan fingerprint density at radius 3 is 1.25 bits per heavy atom. The summed E-state index contributed by atoms with van der Waals surface area (Å²) < 4.78 is 6.29. The predicted octanol–water partition coefficient (Wildman–Crippen LogP) is 9.23. The second-order valence-electron chi connectivity index (χ2n) is 7.64. The second-order valence-corrected chi connectivity index (χ2v) is 7.64. The van der Waals surface area contributed by atoms with Gasteiger partial charge in [-0.1, -0.05) is 126 Å². The third-order valence-electron chi connectivity index (χ3n) is 5.75. The standard InChI is InChI=1S/C25H16O.C3H8.C2H6.CH4/c1-3-11-19-17(9-1)18-10-2-4-12-20(18)25(19)21-13-5-7-15-23(21)26-24-16-8-6-14-22(24)25;1-3-2;1-2;/h1-16H;3H2,1-2H3;1-2H3;1H4. The molecule has 0 bridgehead atoms. The van der Waals surface area contributed by atoms with E-state index in [-0.39, 0.29) is 12.8 Å². The summed E-state index contributed by atoms with van der Waals surface area (Å²) in [6, 6.07) is 34.5. The Labute approximate surface area is 193 Å². The molecule has 0 radical (unpaired) electrons. The SMILES string of the molecule is C.CC.CCC.c1ccc2c(c1)Oc1ccccc1C21c2ccccc2-c2ccccc21. The third kappa shape index (κ3) is 3.33. The van der Waals surface area contributed by atoms with Gasteiger partial charge in [-0.3, -0.25) is 0 Å². The maximum atomic E-state index is 6.29. The Balaban J connectivity index is 0.000000448. The molecule has 6 rings (SSSR count). The van der Waals surface area contributed by atoms with Crippen molar-refractivity contribution in [3.05, 3.63) is 119 Å². The van der Waals surface area contributed by atoms with Gasteiger partial charge in [0.25, 0.3) is 0 Å². The highest BCUT2D eigenvalue weighted by Crippen LogP contribution is 2.61. The van der Waals surface area contributed by atoms with Crippen molar-refractivity contribution in [2.45, 2.75) is 47.0 Å². The fourth-order valence-corrected chi connectivity index (χ4v) is 4.81. The number of para-hydroxylation sites is 2. The van der Waals surface area contributed by atoms with Crippen molar-refractivity contribution in [1.82, 2.24) is 0 Å². The summed E-state index contributed by atoms with van der Waals surface area (Å²) in [5.41, 5.74) is 7.42. The van der Waals surface area contributed by atoms with Crippen LogP contribution in [0.4, 0.5) is 0 Å². The fourth-order valence-electron chi connectivity index (χ4n) is 4.81. The summed E-state index contributed by atoms with van der Waals surface area (Å²) in [7, 11) is 0. The van der Waals surface area contributed by atoms with Crippen LogP contribution in [0.15, 0.2) is 97.1 Å². The van der Waals surface area contributed by atoms with E-state index in [0.29, 0.717) is 0 Å². The lowest BCUT2D eigenvalue weighted by Crippen LogP contribution is -2.32. The topological polar surface area (TPSA) is 9.23 Å². The number of ether oxygens (including phenoxy) is 1. The molecule has 0 saturated heterocycles. The number of hydrogen-bond acceptors (Lipinski definition) is 1. The Bertz CT molecular complexity index is 1100. The van der Waals surface area contributed by atoms with Crippen LogP contribution < -0.4 is 4.74 Å². The minimum Gasteiger partial charge on any atom is -0.457 e. The normalized spacial score (nSPS) is 12.8. The molecule has 164 valence electrons. The van der Waals surface area contributed by atoms with E-state index >= 15 is 0 Å². The van der Waals surface area contributed by atoms with Gasteiger partial charge in [0.15, 0.2) is 0 Å². The van der Waals surface area contributed by atoms with Crippen LogP contribution in [0.2, 0.25) is 0 Å². The number of fused-ring (bicyclic) bond motifs is 9. The van der Waals surface area contributed by atoms with E-state index in [1.165, 1.54) is 39.8 Å². The van der Waals surface area contributed by atoms with Crippen LogP contribution in [0.3, 0.4) is 0 Å². The van der Waals surface area contributed by atoms with E-state index in [9.17, 15) is 0 Å². The second kappa shape index (κ2) is 9.87. The fraction of sp³-hybridized carbons (Fsp3) is 0.226. The van der Waals surface area contributed by atoms with Gasteiger partial charge in [-0.15, -0.1) is 0 Å².